The summed E-state index contributed by atoms with van der Waals surface area (Å²) in [6, 6.07) is 56.2. The van der Waals surface area contributed by atoms with E-state index in [0.717, 1.165) is 82.8 Å². The van der Waals surface area contributed by atoms with Gasteiger partial charge in [0.15, 0.2) is 23.3 Å². The van der Waals surface area contributed by atoms with Gasteiger partial charge in [0.25, 0.3) is 0 Å². The summed E-state index contributed by atoms with van der Waals surface area (Å²) >= 11 is 0. The van der Waals surface area contributed by atoms with Gasteiger partial charge in [-0.25, -0.2) is 29.9 Å². The van der Waals surface area contributed by atoms with Gasteiger partial charge in [0.1, 0.15) is 22.8 Å². The smallest absolute Gasteiger partial charge is 0.166 e. The molecule has 58 heavy (non-hydrogen) atoms. The summed E-state index contributed by atoms with van der Waals surface area (Å²) in [5.74, 6) is 3.74. The van der Waals surface area contributed by atoms with Gasteiger partial charge in [-0.05, 0) is 67.4 Å². The first-order valence-electron chi connectivity index (χ1n) is 19.2. The van der Waals surface area contributed by atoms with E-state index >= 15 is 0 Å². The lowest BCUT2D eigenvalue weighted by Crippen LogP contribution is -2.04. The van der Waals surface area contributed by atoms with Crippen molar-refractivity contribution in [1.29, 1.82) is 0 Å². The Balaban J connectivity index is 1.20. The number of benzene rings is 7. The zero-order valence-electron chi connectivity index (χ0n) is 31.6. The molecule has 7 aromatic carbocycles. The molecule has 0 amide bonds. The van der Waals surface area contributed by atoms with E-state index in [4.69, 9.17) is 29.3 Å². The zero-order valence-corrected chi connectivity index (χ0v) is 31.6. The van der Waals surface area contributed by atoms with E-state index in [1.54, 1.807) is 0 Å². The molecule has 0 aliphatic heterocycles. The molecule has 8 heteroatoms. The molecular formula is C50H33N7O. The van der Waals surface area contributed by atoms with Crippen LogP contribution in [0.25, 0.3) is 106 Å². The normalized spacial score (nSPS) is 11.6. The predicted octanol–water partition coefficient (Wildman–Crippen LogP) is 12.0. The van der Waals surface area contributed by atoms with E-state index < -0.39 is 0 Å². The Morgan fingerprint density at radius 3 is 1.64 bits per heavy atom. The summed E-state index contributed by atoms with van der Waals surface area (Å²) in [5, 5.41) is 4.42. The minimum atomic E-state index is 0.556. The van der Waals surface area contributed by atoms with Crippen LogP contribution in [-0.2, 0) is 0 Å². The average molecular weight is 748 g/mol. The van der Waals surface area contributed by atoms with E-state index in [2.05, 4.69) is 94.5 Å². The van der Waals surface area contributed by atoms with Crippen molar-refractivity contribution >= 4 is 43.7 Å². The molecule has 0 aliphatic rings. The summed E-state index contributed by atoms with van der Waals surface area (Å²) in [5.41, 5.74) is 10.3. The average Bonchev–Trinajstić information content (AvgIpc) is 3.81. The molecule has 4 aromatic heterocycles. The topological polar surface area (TPSA) is 95.4 Å². The molecule has 0 fully saturated rings. The van der Waals surface area contributed by atoms with Crippen LogP contribution in [0.3, 0.4) is 0 Å². The molecule has 0 spiro atoms. The maximum Gasteiger partial charge on any atom is 0.166 e. The third-order valence-corrected chi connectivity index (χ3v) is 10.7. The first kappa shape index (κ1) is 33.5. The van der Waals surface area contributed by atoms with E-state index in [1.807, 2.05) is 92.7 Å². The summed E-state index contributed by atoms with van der Waals surface area (Å²) in [6.07, 6.45) is 0. The van der Waals surface area contributed by atoms with Crippen molar-refractivity contribution in [3.05, 3.63) is 175 Å². The van der Waals surface area contributed by atoms with Gasteiger partial charge in [0.05, 0.1) is 16.7 Å². The Labute approximate surface area is 333 Å². The number of aryl methyl sites for hydroxylation is 2. The van der Waals surface area contributed by atoms with Gasteiger partial charge < -0.3 is 8.98 Å². The number of furan rings is 1. The summed E-state index contributed by atoms with van der Waals surface area (Å²) in [4.78, 5) is 29.4. The molecule has 0 aliphatic carbocycles. The van der Waals surface area contributed by atoms with Gasteiger partial charge in [-0.15, -0.1) is 0 Å². The summed E-state index contributed by atoms with van der Waals surface area (Å²) in [6.45, 7) is 3.80. The van der Waals surface area contributed by atoms with Crippen LogP contribution in [0.15, 0.2) is 168 Å². The minimum absolute atomic E-state index is 0.556. The fourth-order valence-electron chi connectivity index (χ4n) is 8.04. The lowest BCUT2D eigenvalue weighted by atomic mass is 9.99. The largest absolute Gasteiger partial charge is 0.456 e. The fraction of sp³-hybridized carbons (Fsp3) is 0.0400. The van der Waals surface area contributed by atoms with Gasteiger partial charge in [0, 0.05) is 43.8 Å². The number of nitrogens with zero attached hydrogens (tertiary/aromatic N) is 7. The second kappa shape index (κ2) is 13.4. The van der Waals surface area contributed by atoms with Crippen molar-refractivity contribution in [3.8, 4) is 62.4 Å². The molecule has 0 unspecified atom stereocenters. The van der Waals surface area contributed by atoms with Crippen molar-refractivity contribution in [2.45, 2.75) is 13.8 Å². The summed E-state index contributed by atoms with van der Waals surface area (Å²) in [7, 11) is 0. The fourth-order valence-corrected chi connectivity index (χ4v) is 8.04. The maximum atomic E-state index is 6.35. The van der Waals surface area contributed by atoms with Crippen molar-refractivity contribution in [2.24, 2.45) is 0 Å². The highest BCUT2D eigenvalue weighted by atomic mass is 16.3. The molecule has 0 saturated carbocycles. The Morgan fingerprint density at radius 1 is 0.362 bits per heavy atom. The van der Waals surface area contributed by atoms with Crippen LogP contribution < -0.4 is 0 Å². The molecule has 8 nitrogen and oxygen atoms in total. The van der Waals surface area contributed by atoms with Crippen molar-refractivity contribution in [2.75, 3.05) is 0 Å². The number of fused-ring (bicyclic) bond motifs is 6. The van der Waals surface area contributed by atoms with E-state index in [0.29, 0.717) is 34.9 Å². The van der Waals surface area contributed by atoms with Crippen LogP contribution in [0.5, 0.6) is 0 Å². The van der Waals surface area contributed by atoms with Crippen LogP contribution in [0, 0.1) is 13.8 Å². The van der Waals surface area contributed by atoms with Crippen molar-refractivity contribution in [1.82, 2.24) is 34.5 Å². The standard InChI is InChI=1S/C50H33N7O/c1-30-51-31(2)53-49(52-30)36-22-24-38-37-17-9-11-19-42(37)57(44(38)28-36)43-26-23-34(35-21-25-40-39-18-10-12-20-45(39)58-46(40)29-35)27-41(43)50-55-47(32-13-5-3-6-14-32)54-48(56-50)33-15-7-4-8-16-33/h3-29H,1-2H3. The summed E-state index contributed by atoms with van der Waals surface area (Å²) < 4.78 is 8.66. The highest BCUT2D eigenvalue weighted by Gasteiger charge is 2.21. The first-order valence-corrected chi connectivity index (χ1v) is 19.2. The molecule has 0 saturated heterocycles. The highest BCUT2D eigenvalue weighted by Crippen LogP contribution is 2.40. The lowest BCUT2D eigenvalue weighted by molar-refractivity contribution is 0.669. The number of para-hydroxylation sites is 2. The molecule has 0 atom stereocenters. The Kier molecular flexibility index (Phi) is 7.75. The maximum absolute atomic E-state index is 6.35. The number of hydrogen-bond donors (Lipinski definition) is 0. The van der Waals surface area contributed by atoms with E-state index in [-0.39, 0.29) is 0 Å². The molecule has 11 aromatic rings. The molecular weight excluding hydrogens is 715 g/mol. The number of rotatable bonds is 6. The highest BCUT2D eigenvalue weighted by molar-refractivity contribution is 6.11. The molecule has 0 N–H and O–H groups in total. The van der Waals surface area contributed by atoms with Gasteiger partial charge in [-0.1, -0.05) is 121 Å². The Hall–Kier alpha value is -7.84. The van der Waals surface area contributed by atoms with Gasteiger partial charge >= 0.3 is 0 Å². The number of aromatic nitrogens is 7. The predicted molar refractivity (Wildman–Crippen MR) is 231 cm³/mol. The molecule has 11 rings (SSSR count). The van der Waals surface area contributed by atoms with Gasteiger partial charge in [-0.2, -0.15) is 0 Å². The lowest BCUT2D eigenvalue weighted by Gasteiger charge is -2.16. The second-order valence-corrected chi connectivity index (χ2v) is 14.4. The van der Waals surface area contributed by atoms with Crippen LogP contribution in [0.1, 0.15) is 11.6 Å². The van der Waals surface area contributed by atoms with E-state index in [1.165, 1.54) is 0 Å². The SMILES string of the molecule is Cc1nc(C)nc(-c2ccc3c4ccccc4n(-c4ccc(-c5ccc6c(c5)oc5ccccc56)cc4-c4nc(-c5ccccc5)nc(-c5ccccc5)n4)c3c2)n1. The minimum Gasteiger partial charge on any atom is -0.456 e. The monoisotopic (exact) mass is 747 g/mol. The van der Waals surface area contributed by atoms with Crippen LogP contribution in [-0.4, -0.2) is 34.5 Å². The number of hydrogen-bond acceptors (Lipinski definition) is 7. The molecule has 0 bridgehead atoms. The van der Waals surface area contributed by atoms with Crippen molar-refractivity contribution in [3.63, 3.8) is 0 Å². The van der Waals surface area contributed by atoms with E-state index in [9.17, 15) is 0 Å². The second-order valence-electron chi connectivity index (χ2n) is 14.4. The third kappa shape index (κ3) is 5.69. The van der Waals surface area contributed by atoms with Gasteiger partial charge in [-0.3, -0.25) is 0 Å². The third-order valence-electron chi connectivity index (χ3n) is 10.7. The molecule has 0 radical (unpaired) electrons. The van der Waals surface area contributed by atoms with Crippen LogP contribution in [0.2, 0.25) is 0 Å². The zero-order chi connectivity index (χ0) is 38.7. The first-order chi connectivity index (χ1) is 28.5. The Bertz CT molecular complexity index is 3290. The van der Waals surface area contributed by atoms with Gasteiger partial charge in [0.2, 0.25) is 0 Å². The quantitative estimate of drug-likeness (QED) is 0.167. The molecule has 4 heterocycles. The van der Waals surface area contributed by atoms with Crippen molar-refractivity contribution < 1.29 is 4.42 Å². The van der Waals surface area contributed by atoms with Crippen LogP contribution >= 0.6 is 0 Å². The molecule has 274 valence electrons. The van der Waals surface area contributed by atoms with Crippen LogP contribution in [0.4, 0.5) is 0 Å². The Morgan fingerprint density at radius 2 is 0.897 bits per heavy atom.